The lowest BCUT2D eigenvalue weighted by molar-refractivity contribution is -0.121. The van der Waals surface area contributed by atoms with E-state index in [1.54, 1.807) is 6.92 Å². The molecule has 0 atom stereocenters. The summed E-state index contributed by atoms with van der Waals surface area (Å²) in [6, 6.07) is 1.22. The third-order valence-corrected chi connectivity index (χ3v) is 2.48. The number of aromatic nitrogens is 4. The van der Waals surface area contributed by atoms with Crippen LogP contribution in [0.4, 0.5) is 0 Å². The second-order valence-electron chi connectivity index (χ2n) is 4.07. The third-order valence-electron chi connectivity index (χ3n) is 2.48. The van der Waals surface area contributed by atoms with Gasteiger partial charge in [-0.3, -0.25) is 14.6 Å². The molecule has 0 aromatic carbocycles. The molecule has 2 heterocycles. The summed E-state index contributed by atoms with van der Waals surface area (Å²) in [4.78, 5) is 39.9. The molecule has 9 nitrogen and oxygen atoms in total. The monoisotopic (exact) mass is 279 g/mol. The second kappa shape index (κ2) is 5.95. The van der Waals surface area contributed by atoms with Gasteiger partial charge in [0, 0.05) is 25.2 Å². The number of carbonyl (C=O) groups excluding carboxylic acids is 1. The second-order valence-corrected chi connectivity index (χ2v) is 4.07. The molecule has 0 unspecified atom stereocenters. The minimum atomic E-state index is -0.544. The Morgan fingerprint density at radius 2 is 2.30 bits per heavy atom. The number of hydrogen-bond donors (Lipinski definition) is 2. The lowest BCUT2D eigenvalue weighted by atomic mass is 10.4. The molecule has 0 aliphatic rings. The van der Waals surface area contributed by atoms with E-state index in [2.05, 4.69) is 20.4 Å². The van der Waals surface area contributed by atoms with Crippen LogP contribution in [-0.2, 0) is 17.9 Å². The van der Waals surface area contributed by atoms with Gasteiger partial charge in [-0.2, -0.15) is 4.98 Å². The van der Waals surface area contributed by atoms with Gasteiger partial charge < -0.3 is 14.4 Å². The van der Waals surface area contributed by atoms with Crippen LogP contribution in [0.1, 0.15) is 18.1 Å². The van der Waals surface area contributed by atoms with Gasteiger partial charge in [0.15, 0.2) is 5.82 Å². The third kappa shape index (κ3) is 3.64. The lowest BCUT2D eigenvalue weighted by Gasteiger charge is -2.04. The first-order valence-corrected chi connectivity index (χ1v) is 5.90. The Labute approximate surface area is 112 Å². The molecule has 0 saturated heterocycles. The van der Waals surface area contributed by atoms with Gasteiger partial charge in [0.1, 0.15) is 0 Å². The van der Waals surface area contributed by atoms with Crippen LogP contribution >= 0.6 is 0 Å². The van der Waals surface area contributed by atoms with Crippen molar-refractivity contribution >= 4 is 5.91 Å². The molecule has 2 N–H and O–H groups in total. The first kappa shape index (κ1) is 13.7. The lowest BCUT2D eigenvalue weighted by Crippen LogP contribution is -2.31. The van der Waals surface area contributed by atoms with Gasteiger partial charge in [0.05, 0.1) is 6.54 Å². The van der Waals surface area contributed by atoms with Crippen molar-refractivity contribution < 1.29 is 9.32 Å². The van der Waals surface area contributed by atoms with Crippen molar-refractivity contribution in [2.24, 2.45) is 0 Å². The molecule has 9 heteroatoms. The summed E-state index contributed by atoms with van der Waals surface area (Å²) in [5, 5.41) is 6.18. The van der Waals surface area contributed by atoms with Crippen LogP contribution in [0, 0.1) is 6.92 Å². The summed E-state index contributed by atoms with van der Waals surface area (Å²) in [5.41, 5.74) is -1.01. The van der Waals surface area contributed by atoms with Gasteiger partial charge in [-0.25, -0.2) is 4.79 Å². The first-order chi connectivity index (χ1) is 9.54. The fourth-order valence-electron chi connectivity index (χ4n) is 1.52. The summed E-state index contributed by atoms with van der Waals surface area (Å²) < 4.78 is 6.09. The molecule has 2 aromatic heterocycles. The normalized spacial score (nSPS) is 10.4. The highest BCUT2D eigenvalue weighted by molar-refractivity contribution is 5.75. The molecule has 1 amide bonds. The number of nitrogens with one attached hydrogen (secondary N) is 2. The summed E-state index contributed by atoms with van der Waals surface area (Å²) in [6.45, 7) is 1.99. The molecule has 106 valence electrons. The fraction of sp³-hybridized carbons (Fsp3) is 0.364. The fourth-order valence-corrected chi connectivity index (χ4v) is 1.52. The van der Waals surface area contributed by atoms with Crippen LogP contribution in [0.3, 0.4) is 0 Å². The van der Waals surface area contributed by atoms with Crippen LogP contribution < -0.4 is 16.6 Å². The summed E-state index contributed by atoms with van der Waals surface area (Å²) in [5.74, 6) is 0.546. The minimum absolute atomic E-state index is 0.0963. The predicted octanol–water partition coefficient (Wildman–Crippen LogP) is -1.07. The Kier molecular flexibility index (Phi) is 4.08. The van der Waals surface area contributed by atoms with Crippen molar-refractivity contribution in [3.05, 3.63) is 44.8 Å². The number of hydrogen-bond acceptors (Lipinski definition) is 6. The Balaban J connectivity index is 1.83. The highest BCUT2D eigenvalue weighted by Crippen LogP contribution is 1.95. The molecule has 2 rings (SSSR count). The van der Waals surface area contributed by atoms with Crippen LogP contribution in [0.15, 0.2) is 26.4 Å². The van der Waals surface area contributed by atoms with E-state index < -0.39 is 11.2 Å². The average Bonchev–Trinajstić information content (AvgIpc) is 2.81. The molecule has 20 heavy (non-hydrogen) atoms. The number of carbonyl (C=O) groups is 1. The molecular weight excluding hydrogens is 266 g/mol. The van der Waals surface area contributed by atoms with E-state index in [1.807, 2.05) is 0 Å². The van der Waals surface area contributed by atoms with Crippen LogP contribution in [0.5, 0.6) is 0 Å². The molecule has 0 aliphatic carbocycles. The summed E-state index contributed by atoms with van der Waals surface area (Å²) >= 11 is 0. The average molecular weight is 279 g/mol. The molecule has 0 aliphatic heterocycles. The van der Waals surface area contributed by atoms with E-state index >= 15 is 0 Å². The maximum absolute atomic E-state index is 11.6. The largest absolute Gasteiger partial charge is 0.347 e. The van der Waals surface area contributed by atoms with Gasteiger partial charge >= 0.3 is 5.69 Å². The molecule has 0 spiro atoms. The Bertz CT molecular complexity index is 714. The summed E-state index contributed by atoms with van der Waals surface area (Å²) in [6.07, 6.45) is 1.44. The van der Waals surface area contributed by atoms with E-state index in [0.717, 1.165) is 0 Å². The van der Waals surface area contributed by atoms with Gasteiger partial charge in [-0.05, 0) is 6.92 Å². The quantitative estimate of drug-likeness (QED) is 0.718. The highest BCUT2D eigenvalue weighted by Gasteiger charge is 2.06. The van der Waals surface area contributed by atoms with Gasteiger partial charge in [0.25, 0.3) is 5.56 Å². The van der Waals surface area contributed by atoms with Gasteiger partial charge in [-0.15, -0.1) is 0 Å². The topological polar surface area (TPSA) is 123 Å². The summed E-state index contributed by atoms with van der Waals surface area (Å²) in [7, 11) is 0. The van der Waals surface area contributed by atoms with Crippen molar-refractivity contribution in [1.82, 2.24) is 25.0 Å². The maximum atomic E-state index is 11.6. The Morgan fingerprint density at radius 3 is 2.95 bits per heavy atom. The van der Waals surface area contributed by atoms with Gasteiger partial charge in [0.2, 0.25) is 11.8 Å². The minimum Gasteiger partial charge on any atom is -0.347 e. The Morgan fingerprint density at radius 1 is 1.50 bits per heavy atom. The Hall–Kier alpha value is -2.71. The zero-order valence-electron chi connectivity index (χ0n) is 10.8. The van der Waals surface area contributed by atoms with Crippen LogP contribution in [-0.4, -0.2) is 25.6 Å². The van der Waals surface area contributed by atoms with E-state index in [0.29, 0.717) is 11.7 Å². The van der Waals surface area contributed by atoms with Crippen LogP contribution in [0.2, 0.25) is 0 Å². The number of aromatic amines is 1. The number of aryl methyl sites for hydroxylation is 2. The smallest absolute Gasteiger partial charge is 0.328 e. The van der Waals surface area contributed by atoms with Crippen molar-refractivity contribution in [2.45, 2.75) is 26.4 Å². The van der Waals surface area contributed by atoms with Crippen molar-refractivity contribution in [2.75, 3.05) is 0 Å². The molecule has 0 saturated carbocycles. The standard InChI is InChI=1S/C11H13N5O4/c1-7-13-10(20-15-7)6-12-8(17)2-4-16-5-3-9(18)14-11(16)19/h3,5H,2,4,6H2,1H3,(H,12,17)(H,14,18,19). The van der Waals surface area contributed by atoms with E-state index in [-0.39, 0.29) is 25.4 Å². The van der Waals surface area contributed by atoms with Gasteiger partial charge in [-0.1, -0.05) is 5.16 Å². The SMILES string of the molecule is Cc1noc(CNC(=O)CCn2ccc(=O)[nH]c2=O)n1. The number of rotatable bonds is 5. The maximum Gasteiger partial charge on any atom is 0.328 e. The van der Waals surface area contributed by atoms with E-state index in [9.17, 15) is 14.4 Å². The van der Waals surface area contributed by atoms with Crippen molar-refractivity contribution in [3.63, 3.8) is 0 Å². The molecular formula is C11H13N5O4. The van der Waals surface area contributed by atoms with E-state index in [4.69, 9.17) is 4.52 Å². The number of H-pyrrole nitrogens is 1. The molecule has 0 fully saturated rings. The molecule has 2 aromatic rings. The first-order valence-electron chi connectivity index (χ1n) is 5.90. The predicted molar refractivity (Wildman–Crippen MR) is 66.8 cm³/mol. The van der Waals surface area contributed by atoms with Crippen molar-refractivity contribution in [3.8, 4) is 0 Å². The van der Waals surface area contributed by atoms with Crippen molar-refractivity contribution in [1.29, 1.82) is 0 Å². The highest BCUT2D eigenvalue weighted by atomic mass is 16.5. The zero-order chi connectivity index (χ0) is 14.5. The number of amides is 1. The zero-order valence-corrected chi connectivity index (χ0v) is 10.8. The van der Waals surface area contributed by atoms with E-state index in [1.165, 1.54) is 16.8 Å². The van der Waals surface area contributed by atoms with Crippen LogP contribution in [0.25, 0.3) is 0 Å². The molecule has 0 bridgehead atoms. The molecule has 0 radical (unpaired) electrons. The number of nitrogens with zero attached hydrogens (tertiary/aromatic N) is 3.